The number of nitrogens with zero attached hydrogens (tertiary/aromatic N) is 2. The van der Waals surface area contributed by atoms with Crippen molar-refractivity contribution in [3.8, 4) is 45.4 Å². The number of hydrogen-bond donors (Lipinski definition) is 1. The normalized spacial score (nSPS) is 10.8. The molecule has 0 radical (unpaired) electrons. The Labute approximate surface area is 200 Å². The standard InChI is InChI=1S/C23H17Br2N3O4/c1-31-19-11-17(18(28(29)30)12-20(19)32-2)23-26-21(13-3-7-15(24)8-4-13)22(27-23)14-5-9-16(25)10-6-14/h3-12H,1-2H3,(H,26,27). The third kappa shape index (κ3) is 4.26. The van der Waals surface area contributed by atoms with Crippen molar-refractivity contribution < 1.29 is 14.4 Å². The smallest absolute Gasteiger partial charge is 0.284 e. The maximum Gasteiger partial charge on any atom is 0.284 e. The number of imidazole rings is 1. The van der Waals surface area contributed by atoms with Crippen LogP contribution in [0.2, 0.25) is 0 Å². The molecular formula is C23H17Br2N3O4. The van der Waals surface area contributed by atoms with Crippen LogP contribution in [-0.2, 0) is 0 Å². The molecule has 0 unspecified atom stereocenters. The third-order valence-electron chi connectivity index (χ3n) is 4.91. The molecule has 0 saturated carbocycles. The lowest BCUT2D eigenvalue weighted by molar-refractivity contribution is -0.384. The fourth-order valence-electron chi connectivity index (χ4n) is 3.35. The fourth-order valence-corrected chi connectivity index (χ4v) is 3.88. The van der Waals surface area contributed by atoms with Gasteiger partial charge in [0.2, 0.25) is 0 Å². The van der Waals surface area contributed by atoms with E-state index < -0.39 is 4.92 Å². The zero-order valence-corrected chi connectivity index (χ0v) is 20.2. The number of rotatable bonds is 6. The van der Waals surface area contributed by atoms with Gasteiger partial charge in [-0.3, -0.25) is 10.1 Å². The van der Waals surface area contributed by atoms with Crippen molar-refractivity contribution in [2.45, 2.75) is 0 Å². The molecule has 162 valence electrons. The van der Waals surface area contributed by atoms with Gasteiger partial charge in [-0.25, -0.2) is 4.98 Å². The number of halogens is 2. The summed E-state index contributed by atoms with van der Waals surface area (Å²) in [6, 6.07) is 18.4. The first-order valence-electron chi connectivity index (χ1n) is 9.44. The predicted molar refractivity (Wildman–Crippen MR) is 130 cm³/mol. The summed E-state index contributed by atoms with van der Waals surface area (Å²) >= 11 is 6.91. The predicted octanol–water partition coefficient (Wildman–Crippen LogP) is 6.86. The number of benzene rings is 3. The van der Waals surface area contributed by atoms with Gasteiger partial charge in [-0.1, -0.05) is 56.1 Å². The summed E-state index contributed by atoms with van der Waals surface area (Å²) in [6.07, 6.45) is 0. The van der Waals surface area contributed by atoms with E-state index in [1.165, 1.54) is 20.3 Å². The molecular weight excluding hydrogens is 542 g/mol. The second-order valence-corrected chi connectivity index (χ2v) is 8.64. The molecule has 4 aromatic rings. The largest absolute Gasteiger partial charge is 0.493 e. The van der Waals surface area contributed by atoms with Crippen molar-refractivity contribution in [1.82, 2.24) is 9.97 Å². The van der Waals surface area contributed by atoms with E-state index in [4.69, 9.17) is 14.5 Å². The molecule has 0 atom stereocenters. The van der Waals surface area contributed by atoms with Gasteiger partial charge in [0.25, 0.3) is 5.69 Å². The Hall–Kier alpha value is -3.17. The Kier molecular flexibility index (Phi) is 6.29. The SMILES string of the molecule is COc1cc(-c2nc(-c3ccc(Br)cc3)c(-c3ccc(Br)cc3)[nH]2)c([N+](=O)[O-])cc1OC. The van der Waals surface area contributed by atoms with Crippen LogP contribution in [0.3, 0.4) is 0 Å². The molecule has 1 N–H and O–H groups in total. The second-order valence-electron chi connectivity index (χ2n) is 6.80. The van der Waals surface area contributed by atoms with E-state index in [9.17, 15) is 10.1 Å². The van der Waals surface area contributed by atoms with E-state index in [-0.39, 0.29) is 11.4 Å². The van der Waals surface area contributed by atoms with Gasteiger partial charge in [-0.05, 0) is 24.3 Å². The van der Waals surface area contributed by atoms with E-state index in [1.54, 1.807) is 6.07 Å². The quantitative estimate of drug-likeness (QED) is 0.206. The van der Waals surface area contributed by atoms with E-state index in [2.05, 4.69) is 36.8 Å². The lowest BCUT2D eigenvalue weighted by Crippen LogP contribution is -1.97. The van der Waals surface area contributed by atoms with Crippen molar-refractivity contribution >= 4 is 37.5 Å². The summed E-state index contributed by atoms with van der Waals surface area (Å²) in [5, 5.41) is 11.8. The van der Waals surface area contributed by atoms with E-state index in [0.717, 1.165) is 25.8 Å². The van der Waals surface area contributed by atoms with Gasteiger partial charge < -0.3 is 14.5 Å². The highest BCUT2D eigenvalue weighted by atomic mass is 79.9. The Morgan fingerprint density at radius 3 is 1.94 bits per heavy atom. The molecule has 0 amide bonds. The third-order valence-corrected chi connectivity index (χ3v) is 5.97. The summed E-state index contributed by atoms with van der Waals surface area (Å²) < 4.78 is 12.5. The van der Waals surface area contributed by atoms with Gasteiger partial charge >= 0.3 is 0 Å². The molecule has 0 aliphatic carbocycles. The van der Waals surface area contributed by atoms with Gasteiger partial charge in [0.05, 0.1) is 42.2 Å². The molecule has 0 fully saturated rings. The topological polar surface area (TPSA) is 90.3 Å². The number of nitro groups is 1. The van der Waals surface area contributed by atoms with E-state index in [1.807, 2.05) is 48.5 Å². The van der Waals surface area contributed by atoms with Crippen LogP contribution in [0.25, 0.3) is 33.9 Å². The zero-order valence-electron chi connectivity index (χ0n) is 17.1. The molecule has 0 spiro atoms. The molecule has 3 aromatic carbocycles. The molecule has 0 aliphatic rings. The molecule has 0 bridgehead atoms. The molecule has 32 heavy (non-hydrogen) atoms. The summed E-state index contributed by atoms with van der Waals surface area (Å²) in [5.41, 5.74) is 3.36. The number of nitro benzene ring substituents is 1. The summed E-state index contributed by atoms with van der Waals surface area (Å²) in [4.78, 5) is 19.4. The fraction of sp³-hybridized carbons (Fsp3) is 0.0870. The van der Waals surface area contributed by atoms with Crippen molar-refractivity contribution in [1.29, 1.82) is 0 Å². The minimum absolute atomic E-state index is 0.138. The number of aromatic nitrogens is 2. The van der Waals surface area contributed by atoms with Crippen LogP contribution >= 0.6 is 31.9 Å². The average molecular weight is 559 g/mol. The maximum atomic E-state index is 11.8. The highest BCUT2D eigenvalue weighted by Gasteiger charge is 2.25. The minimum Gasteiger partial charge on any atom is -0.493 e. The van der Waals surface area contributed by atoms with Gasteiger partial charge in [-0.2, -0.15) is 0 Å². The molecule has 4 rings (SSSR count). The van der Waals surface area contributed by atoms with Gasteiger partial charge in [0.15, 0.2) is 11.5 Å². The highest BCUT2D eigenvalue weighted by Crippen LogP contribution is 2.41. The molecule has 1 aromatic heterocycles. The Balaban J connectivity index is 1.97. The van der Waals surface area contributed by atoms with Crippen LogP contribution in [0, 0.1) is 10.1 Å². The van der Waals surface area contributed by atoms with Crippen LogP contribution in [-0.4, -0.2) is 29.1 Å². The van der Waals surface area contributed by atoms with Crippen molar-refractivity contribution in [2.24, 2.45) is 0 Å². The van der Waals surface area contributed by atoms with Crippen molar-refractivity contribution in [2.75, 3.05) is 14.2 Å². The molecule has 0 aliphatic heterocycles. The number of hydrogen-bond acceptors (Lipinski definition) is 5. The molecule has 9 heteroatoms. The van der Waals surface area contributed by atoms with Crippen molar-refractivity contribution in [3.05, 3.63) is 79.7 Å². The zero-order chi connectivity index (χ0) is 22.8. The minimum atomic E-state index is -0.460. The summed E-state index contributed by atoms with van der Waals surface area (Å²) in [7, 11) is 2.92. The number of ether oxygens (including phenoxy) is 2. The second kappa shape index (κ2) is 9.13. The lowest BCUT2D eigenvalue weighted by Gasteiger charge is -2.09. The summed E-state index contributed by atoms with van der Waals surface area (Å²) in [5.74, 6) is 1.00. The summed E-state index contributed by atoms with van der Waals surface area (Å²) in [6.45, 7) is 0. The average Bonchev–Trinajstić information content (AvgIpc) is 3.24. The van der Waals surface area contributed by atoms with E-state index in [0.29, 0.717) is 22.8 Å². The van der Waals surface area contributed by atoms with Crippen LogP contribution in [0.4, 0.5) is 5.69 Å². The first-order valence-corrected chi connectivity index (χ1v) is 11.0. The van der Waals surface area contributed by atoms with Gasteiger partial charge in [-0.15, -0.1) is 0 Å². The highest BCUT2D eigenvalue weighted by molar-refractivity contribution is 9.10. The van der Waals surface area contributed by atoms with Gasteiger partial charge in [0.1, 0.15) is 5.82 Å². The molecule has 0 saturated heterocycles. The van der Waals surface area contributed by atoms with Crippen LogP contribution in [0.15, 0.2) is 69.6 Å². The number of H-pyrrole nitrogens is 1. The number of nitrogens with one attached hydrogen (secondary N) is 1. The molecule has 1 heterocycles. The Morgan fingerprint density at radius 1 is 0.875 bits per heavy atom. The van der Waals surface area contributed by atoms with Crippen LogP contribution in [0.1, 0.15) is 0 Å². The van der Waals surface area contributed by atoms with E-state index >= 15 is 0 Å². The first kappa shape index (κ1) is 22.0. The maximum absolute atomic E-state index is 11.8. The lowest BCUT2D eigenvalue weighted by atomic mass is 10.1. The molecule has 7 nitrogen and oxygen atoms in total. The van der Waals surface area contributed by atoms with Crippen LogP contribution < -0.4 is 9.47 Å². The number of methoxy groups -OCH3 is 2. The van der Waals surface area contributed by atoms with Crippen molar-refractivity contribution in [3.63, 3.8) is 0 Å². The Bertz CT molecular complexity index is 1220. The van der Waals surface area contributed by atoms with Crippen LogP contribution in [0.5, 0.6) is 11.5 Å². The van der Waals surface area contributed by atoms with Gasteiger partial charge in [0, 0.05) is 26.1 Å². The monoisotopic (exact) mass is 557 g/mol. The Morgan fingerprint density at radius 2 is 1.41 bits per heavy atom. The first-order chi connectivity index (χ1) is 15.4. The number of aromatic amines is 1.